The second-order valence-electron chi connectivity index (χ2n) is 9.45. The highest BCUT2D eigenvalue weighted by Crippen LogP contribution is 2.42. The van der Waals surface area contributed by atoms with Gasteiger partial charge in [-0.2, -0.15) is 0 Å². The highest BCUT2D eigenvalue weighted by Gasteiger charge is 2.26. The number of hydrogen-bond acceptors (Lipinski definition) is 4. The van der Waals surface area contributed by atoms with Crippen LogP contribution >= 0.6 is 0 Å². The summed E-state index contributed by atoms with van der Waals surface area (Å²) in [7, 11) is 3.38. The number of fused-ring (bicyclic) bond motifs is 2. The van der Waals surface area contributed by atoms with Gasteiger partial charge >= 0.3 is 0 Å². The molecule has 3 aromatic rings. The van der Waals surface area contributed by atoms with E-state index >= 15 is 0 Å². The first-order valence-corrected chi connectivity index (χ1v) is 11.9. The van der Waals surface area contributed by atoms with E-state index in [1.54, 1.807) is 24.7 Å². The van der Waals surface area contributed by atoms with Gasteiger partial charge in [0.2, 0.25) is 0 Å². The van der Waals surface area contributed by atoms with Crippen LogP contribution in [0.15, 0.2) is 46.3 Å². The van der Waals surface area contributed by atoms with Crippen molar-refractivity contribution in [2.45, 2.75) is 46.0 Å². The summed E-state index contributed by atoms with van der Waals surface area (Å²) in [5.41, 5.74) is 11.8. The maximum absolute atomic E-state index is 14.3. The van der Waals surface area contributed by atoms with E-state index in [-0.39, 0.29) is 17.0 Å². The van der Waals surface area contributed by atoms with Gasteiger partial charge in [-0.25, -0.2) is 8.78 Å². The number of pyridine rings is 1. The van der Waals surface area contributed by atoms with Crippen LogP contribution in [0.3, 0.4) is 0 Å². The summed E-state index contributed by atoms with van der Waals surface area (Å²) in [6.07, 6.45) is 1.83. The minimum Gasteiger partial charge on any atom is -0.404 e. The molecule has 4 rings (SSSR count). The van der Waals surface area contributed by atoms with E-state index in [2.05, 4.69) is 35.9 Å². The molecule has 0 bridgehead atoms. The highest BCUT2D eigenvalue weighted by atomic mass is 19.3. The topological polar surface area (TPSA) is 63.6 Å². The lowest BCUT2D eigenvalue weighted by atomic mass is 9.91. The van der Waals surface area contributed by atoms with Gasteiger partial charge in [-0.05, 0) is 72.7 Å². The molecule has 0 radical (unpaired) electrons. The minimum atomic E-state index is -2.67. The molecule has 35 heavy (non-hydrogen) atoms. The predicted octanol–water partition coefficient (Wildman–Crippen LogP) is 5.99. The maximum atomic E-state index is 14.3. The van der Waals surface area contributed by atoms with Crippen LogP contribution in [0.4, 0.5) is 20.2 Å². The van der Waals surface area contributed by atoms with Crippen molar-refractivity contribution >= 4 is 34.1 Å². The first-order chi connectivity index (χ1) is 16.7. The van der Waals surface area contributed by atoms with Crippen molar-refractivity contribution in [1.29, 1.82) is 0 Å². The van der Waals surface area contributed by atoms with Crippen LogP contribution in [0.1, 0.15) is 60.4 Å². The van der Waals surface area contributed by atoms with Gasteiger partial charge in [0.05, 0.1) is 11.2 Å². The van der Waals surface area contributed by atoms with Gasteiger partial charge in [-0.15, -0.1) is 0 Å². The fraction of sp³-hybridized carbons (Fsp3) is 0.357. The first kappa shape index (κ1) is 24.6. The minimum absolute atomic E-state index is 0.0354. The van der Waals surface area contributed by atoms with E-state index in [1.807, 2.05) is 19.1 Å². The standard InChI is InChI=1S/C28H32F2N4O/c1-16(2)19-11-25-23(9-17(3)28(35)33(25)5)26(12-19)34-8-6-7-18-10-21(20(14-31)15-32-4)22(27(29)30)13-24(18)34/h9-16,27H,6-8,31H2,1-5H3/b20-14+,32-15?. The molecule has 0 aliphatic carbocycles. The summed E-state index contributed by atoms with van der Waals surface area (Å²) in [6, 6.07) is 9.55. The molecule has 0 saturated heterocycles. The van der Waals surface area contributed by atoms with Crippen LogP contribution < -0.4 is 16.2 Å². The lowest BCUT2D eigenvalue weighted by Crippen LogP contribution is -2.26. The lowest BCUT2D eigenvalue weighted by molar-refractivity contribution is 0.151. The molecule has 7 heteroatoms. The molecule has 1 aliphatic rings. The average molecular weight is 479 g/mol. The first-order valence-electron chi connectivity index (χ1n) is 11.9. The SMILES string of the molecule is CN=C/C(=C\N)c1cc2c(cc1C(F)F)N(c1cc(C(C)C)cc3c1cc(C)c(=O)n3C)CCC2. The summed E-state index contributed by atoms with van der Waals surface area (Å²) >= 11 is 0. The Morgan fingerprint density at radius 2 is 1.89 bits per heavy atom. The van der Waals surface area contributed by atoms with Gasteiger partial charge in [0.1, 0.15) is 0 Å². The molecule has 0 atom stereocenters. The molecular formula is C28H32F2N4O. The van der Waals surface area contributed by atoms with Crippen molar-refractivity contribution in [3.8, 4) is 0 Å². The quantitative estimate of drug-likeness (QED) is 0.458. The third kappa shape index (κ3) is 4.35. The number of hydrogen-bond donors (Lipinski definition) is 1. The number of anilines is 2. The number of aryl methyl sites for hydroxylation is 3. The van der Waals surface area contributed by atoms with E-state index in [9.17, 15) is 13.6 Å². The summed E-state index contributed by atoms with van der Waals surface area (Å²) in [5, 5.41) is 0.935. The van der Waals surface area contributed by atoms with E-state index in [4.69, 9.17) is 5.73 Å². The number of aliphatic imine (C=N–C) groups is 1. The van der Waals surface area contributed by atoms with E-state index in [0.717, 1.165) is 46.2 Å². The number of halogens is 2. The fourth-order valence-electron chi connectivity index (χ4n) is 4.95. The summed E-state index contributed by atoms with van der Waals surface area (Å²) in [5.74, 6) is 0.239. The number of nitrogens with two attached hydrogens (primary N) is 1. The van der Waals surface area contributed by atoms with Gasteiger partial charge in [-0.3, -0.25) is 9.79 Å². The average Bonchev–Trinajstić information content (AvgIpc) is 2.84. The van der Waals surface area contributed by atoms with E-state index < -0.39 is 6.43 Å². The molecule has 5 nitrogen and oxygen atoms in total. The van der Waals surface area contributed by atoms with Crippen molar-refractivity contribution in [3.63, 3.8) is 0 Å². The number of aromatic nitrogens is 1. The van der Waals surface area contributed by atoms with Gasteiger partial charge < -0.3 is 15.2 Å². The molecule has 0 fully saturated rings. The Morgan fingerprint density at radius 3 is 2.51 bits per heavy atom. The molecule has 1 aliphatic heterocycles. The van der Waals surface area contributed by atoms with Crippen molar-refractivity contribution in [1.82, 2.24) is 4.57 Å². The highest BCUT2D eigenvalue weighted by molar-refractivity contribution is 6.10. The van der Waals surface area contributed by atoms with Crippen molar-refractivity contribution in [2.75, 3.05) is 18.5 Å². The predicted molar refractivity (Wildman–Crippen MR) is 141 cm³/mol. The Labute approximate surface area is 204 Å². The number of nitrogens with zero attached hydrogens (tertiary/aromatic N) is 3. The summed E-state index contributed by atoms with van der Waals surface area (Å²) < 4.78 is 30.2. The van der Waals surface area contributed by atoms with Gasteiger partial charge in [-0.1, -0.05) is 13.8 Å². The van der Waals surface area contributed by atoms with Crippen LogP contribution in [-0.4, -0.2) is 24.4 Å². The Hall–Kier alpha value is -3.48. The number of benzene rings is 2. The van der Waals surface area contributed by atoms with Crippen LogP contribution in [-0.2, 0) is 13.5 Å². The molecule has 1 aromatic heterocycles. The van der Waals surface area contributed by atoms with Crippen molar-refractivity contribution in [3.05, 3.63) is 74.7 Å². The molecule has 0 unspecified atom stereocenters. The van der Waals surface area contributed by atoms with Gasteiger partial charge in [0.25, 0.3) is 12.0 Å². The van der Waals surface area contributed by atoms with Crippen LogP contribution in [0.2, 0.25) is 0 Å². The largest absolute Gasteiger partial charge is 0.404 e. The monoisotopic (exact) mass is 478 g/mol. The second-order valence-corrected chi connectivity index (χ2v) is 9.45. The van der Waals surface area contributed by atoms with E-state index in [0.29, 0.717) is 23.2 Å². The maximum Gasteiger partial charge on any atom is 0.264 e. The molecule has 2 aromatic carbocycles. The third-order valence-corrected chi connectivity index (χ3v) is 6.84. The number of alkyl halides is 2. The molecular weight excluding hydrogens is 446 g/mol. The zero-order chi connectivity index (χ0) is 25.4. The number of rotatable bonds is 5. The normalized spacial score (nSPS) is 14.5. The molecule has 2 heterocycles. The zero-order valence-electron chi connectivity index (χ0n) is 20.9. The Bertz CT molecular complexity index is 1400. The summed E-state index contributed by atoms with van der Waals surface area (Å²) in [4.78, 5) is 18.8. The number of allylic oxidation sites excluding steroid dienone is 1. The van der Waals surface area contributed by atoms with E-state index in [1.165, 1.54) is 12.4 Å². The lowest BCUT2D eigenvalue weighted by Gasteiger charge is -2.34. The molecule has 0 spiro atoms. The molecule has 184 valence electrons. The van der Waals surface area contributed by atoms with Crippen LogP contribution in [0, 0.1) is 6.92 Å². The third-order valence-electron chi connectivity index (χ3n) is 6.84. The van der Waals surface area contributed by atoms with Crippen LogP contribution in [0.25, 0.3) is 16.5 Å². The van der Waals surface area contributed by atoms with Crippen LogP contribution in [0.5, 0.6) is 0 Å². The van der Waals surface area contributed by atoms with Crippen molar-refractivity contribution < 1.29 is 8.78 Å². The second kappa shape index (κ2) is 9.64. The fourth-order valence-corrected chi connectivity index (χ4v) is 4.95. The van der Waals surface area contributed by atoms with Crippen molar-refractivity contribution in [2.24, 2.45) is 17.8 Å². The smallest absolute Gasteiger partial charge is 0.264 e. The molecule has 2 N–H and O–H groups in total. The van der Waals surface area contributed by atoms with Gasteiger partial charge in [0, 0.05) is 60.8 Å². The Morgan fingerprint density at radius 1 is 1.14 bits per heavy atom. The molecule has 0 saturated carbocycles. The Balaban J connectivity index is 2.02. The Kier molecular flexibility index (Phi) is 6.79. The summed E-state index contributed by atoms with van der Waals surface area (Å²) in [6.45, 7) is 6.73. The zero-order valence-corrected chi connectivity index (χ0v) is 20.9. The van der Waals surface area contributed by atoms with Gasteiger partial charge in [0.15, 0.2) is 0 Å². The molecule has 0 amide bonds.